The van der Waals surface area contributed by atoms with E-state index in [-0.39, 0.29) is 0 Å². The maximum atomic E-state index is 5.52. The minimum Gasteiger partial charge on any atom is -0.497 e. The van der Waals surface area contributed by atoms with Gasteiger partial charge in [0.1, 0.15) is 17.3 Å². The van der Waals surface area contributed by atoms with Crippen molar-refractivity contribution in [2.75, 3.05) is 34.9 Å². The molecule has 0 N–H and O–H groups in total. The van der Waals surface area contributed by atoms with Crippen molar-refractivity contribution < 1.29 is 14.2 Å². The second kappa shape index (κ2) is 12.4. The number of rotatable bonds is 8. The molecule has 4 aromatic rings. The zero-order valence-electron chi connectivity index (χ0n) is 23.3. The summed E-state index contributed by atoms with van der Waals surface area (Å²) >= 11 is 0. The van der Waals surface area contributed by atoms with Crippen molar-refractivity contribution in [2.24, 2.45) is 4.99 Å². The Morgan fingerprint density at radius 1 is 0.825 bits per heavy atom. The van der Waals surface area contributed by atoms with Crippen molar-refractivity contribution in [2.45, 2.75) is 12.8 Å². The summed E-state index contributed by atoms with van der Waals surface area (Å²) in [6.45, 7) is 0.751. The third-order valence-electron chi connectivity index (χ3n) is 7.01. The molecule has 0 aliphatic carbocycles. The third kappa shape index (κ3) is 5.93. The summed E-state index contributed by atoms with van der Waals surface area (Å²) in [4.78, 5) is 11.7. The van der Waals surface area contributed by atoms with Crippen molar-refractivity contribution in [3.63, 3.8) is 0 Å². The molecular formula is C34H33N3O3. The number of hydrogen-bond donors (Lipinski definition) is 0. The topological polar surface area (TPSA) is 56.2 Å². The molecule has 0 radical (unpaired) electrons. The van der Waals surface area contributed by atoms with Gasteiger partial charge in [0.15, 0.2) is 11.5 Å². The lowest BCUT2D eigenvalue weighted by Gasteiger charge is -2.25. The molecule has 0 spiro atoms. The average molecular weight is 532 g/mol. The van der Waals surface area contributed by atoms with E-state index < -0.39 is 0 Å². The predicted molar refractivity (Wildman–Crippen MR) is 160 cm³/mol. The molecule has 2 heterocycles. The highest BCUT2D eigenvalue weighted by Crippen LogP contribution is 2.30. The number of ether oxygens (including phenoxy) is 3. The molecule has 1 aliphatic heterocycles. The molecular weight excluding hydrogens is 498 g/mol. The first-order chi connectivity index (χ1) is 19.6. The van der Waals surface area contributed by atoms with E-state index in [1.807, 2.05) is 42.6 Å². The Morgan fingerprint density at radius 3 is 2.42 bits per heavy atom. The lowest BCUT2D eigenvalue weighted by molar-refractivity contribution is 0.354. The van der Waals surface area contributed by atoms with Gasteiger partial charge in [-0.15, -0.1) is 0 Å². The molecule has 0 fully saturated rings. The fraction of sp³-hybridized carbons (Fsp3) is 0.206. The Hall–Kier alpha value is -4.80. The van der Waals surface area contributed by atoms with Gasteiger partial charge in [-0.2, -0.15) is 0 Å². The zero-order valence-corrected chi connectivity index (χ0v) is 23.3. The number of hydrogen-bond acceptors (Lipinski definition) is 6. The van der Waals surface area contributed by atoms with E-state index in [9.17, 15) is 0 Å². The number of pyridine rings is 1. The van der Waals surface area contributed by atoms with Gasteiger partial charge in [-0.1, -0.05) is 36.1 Å². The molecule has 202 valence electrons. The molecule has 0 unspecified atom stereocenters. The third-order valence-corrected chi connectivity index (χ3v) is 7.01. The molecule has 6 nitrogen and oxygen atoms in total. The number of aliphatic imine (C=N–C) groups is 1. The van der Waals surface area contributed by atoms with Gasteiger partial charge < -0.3 is 19.1 Å². The van der Waals surface area contributed by atoms with E-state index in [0.717, 1.165) is 76.0 Å². The van der Waals surface area contributed by atoms with Gasteiger partial charge in [-0.25, -0.2) is 4.99 Å². The van der Waals surface area contributed by atoms with Crippen LogP contribution in [0.4, 0.5) is 0 Å². The quantitative estimate of drug-likeness (QED) is 0.245. The number of methoxy groups -OCH3 is 3. The zero-order chi connectivity index (χ0) is 27.9. The summed E-state index contributed by atoms with van der Waals surface area (Å²) in [6, 6.07) is 24.7. The molecule has 6 heteroatoms. The van der Waals surface area contributed by atoms with Gasteiger partial charge in [0.2, 0.25) is 0 Å². The van der Waals surface area contributed by atoms with Crippen LogP contribution in [0.3, 0.4) is 0 Å². The SMILES string of the molecule is COc1cccc(-c2ccc3c(c2)C(N(C)CCc2ccc(OC)c(OC)c2)=NC(c2cccnc2)=C=CC3)c1. The Labute approximate surface area is 235 Å². The highest BCUT2D eigenvalue weighted by atomic mass is 16.5. The van der Waals surface area contributed by atoms with Crippen molar-refractivity contribution in [3.05, 3.63) is 119 Å². The monoisotopic (exact) mass is 531 g/mol. The lowest BCUT2D eigenvalue weighted by atomic mass is 9.95. The predicted octanol–water partition coefficient (Wildman–Crippen LogP) is 6.45. The summed E-state index contributed by atoms with van der Waals surface area (Å²) in [7, 11) is 7.09. The number of likely N-dealkylation sites (N-methyl/N-ethyl adjacent to an activating group) is 1. The van der Waals surface area contributed by atoms with Crippen LogP contribution in [0.25, 0.3) is 16.8 Å². The first kappa shape index (κ1) is 26.8. The van der Waals surface area contributed by atoms with Crippen LogP contribution in [0.2, 0.25) is 0 Å². The van der Waals surface area contributed by atoms with Crippen molar-refractivity contribution in [1.82, 2.24) is 9.88 Å². The number of fused-ring (bicyclic) bond motifs is 1. The number of amidine groups is 1. The molecule has 0 saturated heterocycles. The second-order valence-electron chi connectivity index (χ2n) is 9.54. The fourth-order valence-corrected chi connectivity index (χ4v) is 4.78. The van der Waals surface area contributed by atoms with Crippen molar-refractivity contribution in [1.29, 1.82) is 0 Å². The molecule has 0 atom stereocenters. The maximum absolute atomic E-state index is 5.52. The van der Waals surface area contributed by atoms with E-state index in [4.69, 9.17) is 19.2 Å². The number of allylic oxidation sites excluding steroid dienone is 1. The van der Waals surface area contributed by atoms with Gasteiger partial charge in [-0.05, 0) is 83.6 Å². The van der Waals surface area contributed by atoms with Crippen LogP contribution >= 0.6 is 0 Å². The molecule has 1 aromatic heterocycles. The van der Waals surface area contributed by atoms with Gasteiger partial charge in [-0.3, -0.25) is 4.98 Å². The summed E-state index contributed by atoms with van der Waals surface area (Å²) in [6.07, 6.45) is 7.21. The summed E-state index contributed by atoms with van der Waals surface area (Å²) in [5, 5.41) is 0. The maximum Gasteiger partial charge on any atom is 0.160 e. The number of aromatic nitrogens is 1. The summed E-state index contributed by atoms with van der Waals surface area (Å²) < 4.78 is 16.4. The van der Waals surface area contributed by atoms with Crippen molar-refractivity contribution >= 4 is 11.5 Å². The van der Waals surface area contributed by atoms with Crippen LogP contribution in [0.1, 0.15) is 22.3 Å². The van der Waals surface area contributed by atoms with Crippen LogP contribution in [-0.4, -0.2) is 50.6 Å². The number of benzene rings is 3. The van der Waals surface area contributed by atoms with Gasteiger partial charge in [0.05, 0.1) is 21.3 Å². The molecule has 0 saturated carbocycles. The highest BCUT2D eigenvalue weighted by Gasteiger charge is 2.18. The normalized spacial score (nSPS) is 12.4. The van der Waals surface area contributed by atoms with E-state index in [1.165, 1.54) is 5.56 Å². The van der Waals surface area contributed by atoms with E-state index in [1.54, 1.807) is 27.5 Å². The first-order valence-electron chi connectivity index (χ1n) is 13.2. The second-order valence-corrected chi connectivity index (χ2v) is 9.54. The van der Waals surface area contributed by atoms with E-state index in [0.29, 0.717) is 0 Å². The molecule has 5 rings (SSSR count). The van der Waals surface area contributed by atoms with Crippen LogP contribution in [0.15, 0.2) is 102 Å². The largest absolute Gasteiger partial charge is 0.497 e. The van der Waals surface area contributed by atoms with Gasteiger partial charge >= 0.3 is 0 Å². The molecule has 1 aliphatic rings. The highest BCUT2D eigenvalue weighted by molar-refractivity contribution is 6.04. The standard InChI is InChI=1S/C34H33N3O3/c1-37(19-17-24-13-16-32(39-3)33(20-24)40-4)34-30-22-27(26-9-5-11-29(21-26)38-2)15-14-25(30)8-6-12-31(36-34)28-10-7-18-35-23-28/h5-7,9-11,13-16,18,20-23H,8,17,19H2,1-4H3. The first-order valence-corrected chi connectivity index (χ1v) is 13.2. The van der Waals surface area contributed by atoms with Gasteiger partial charge in [0, 0.05) is 37.1 Å². The Bertz CT molecular complexity index is 1590. The smallest absolute Gasteiger partial charge is 0.160 e. The minimum atomic E-state index is 0.723. The molecule has 3 aromatic carbocycles. The fourth-order valence-electron chi connectivity index (χ4n) is 4.78. The van der Waals surface area contributed by atoms with E-state index >= 15 is 0 Å². The van der Waals surface area contributed by atoms with E-state index in [2.05, 4.69) is 65.1 Å². The average Bonchev–Trinajstić information content (AvgIpc) is 3.00. The molecule has 40 heavy (non-hydrogen) atoms. The van der Waals surface area contributed by atoms with Gasteiger partial charge in [0.25, 0.3) is 0 Å². The Morgan fingerprint density at radius 2 is 1.65 bits per heavy atom. The number of nitrogens with zero attached hydrogens (tertiary/aromatic N) is 3. The summed E-state index contributed by atoms with van der Waals surface area (Å²) in [5.74, 6) is 3.17. The molecule has 0 bridgehead atoms. The van der Waals surface area contributed by atoms with Crippen LogP contribution in [-0.2, 0) is 12.8 Å². The molecule has 0 amide bonds. The van der Waals surface area contributed by atoms with Crippen LogP contribution < -0.4 is 14.2 Å². The summed E-state index contributed by atoms with van der Waals surface area (Å²) in [5.41, 5.74) is 10.8. The van der Waals surface area contributed by atoms with Crippen LogP contribution in [0.5, 0.6) is 17.2 Å². The Kier molecular flexibility index (Phi) is 8.29. The van der Waals surface area contributed by atoms with Crippen molar-refractivity contribution in [3.8, 4) is 28.4 Å². The Balaban J connectivity index is 1.54. The minimum absolute atomic E-state index is 0.723. The lowest BCUT2D eigenvalue weighted by Crippen LogP contribution is -2.31. The van der Waals surface area contributed by atoms with Crippen LogP contribution in [0, 0.1) is 0 Å².